The summed E-state index contributed by atoms with van der Waals surface area (Å²) in [6.07, 6.45) is 0. The monoisotopic (exact) mass is 280 g/mol. The number of benzene rings is 1. The fourth-order valence-electron chi connectivity index (χ4n) is 1.66. The fraction of sp³-hybridized carbons (Fsp3) is 0.250. The molecule has 0 unspecified atom stereocenters. The first kappa shape index (κ1) is 11.2. The number of anilines is 1. The molecule has 2 N–H and O–H groups in total. The van der Waals surface area contributed by atoms with Gasteiger partial charge in [-0.1, -0.05) is 41.0 Å². The van der Waals surface area contributed by atoms with E-state index < -0.39 is 0 Å². The van der Waals surface area contributed by atoms with Crippen molar-refractivity contribution in [2.45, 2.75) is 19.8 Å². The minimum atomic E-state index is 0.407. The molecule has 1 aromatic carbocycles. The zero-order chi connectivity index (χ0) is 11.7. The van der Waals surface area contributed by atoms with Gasteiger partial charge >= 0.3 is 0 Å². The Hall–Kier alpha value is -1.29. The summed E-state index contributed by atoms with van der Waals surface area (Å²) in [6.45, 7) is 4.29. The normalized spacial score (nSPS) is 11.0. The maximum Gasteiger partial charge on any atom is 0.169 e. The van der Waals surface area contributed by atoms with Crippen LogP contribution in [0.5, 0.6) is 0 Å². The molecule has 0 aliphatic heterocycles. The predicted octanol–water partition coefficient (Wildman–Crippen LogP) is 3.81. The Balaban J connectivity index is 2.57. The quantitative estimate of drug-likeness (QED) is 0.910. The Morgan fingerprint density at radius 2 is 2.06 bits per heavy atom. The highest BCUT2D eigenvalue weighted by Crippen LogP contribution is 2.32. The first-order valence-electron chi connectivity index (χ1n) is 5.10. The van der Waals surface area contributed by atoms with Gasteiger partial charge in [-0.15, -0.1) is 0 Å². The highest BCUT2D eigenvalue weighted by molar-refractivity contribution is 9.10. The van der Waals surface area contributed by atoms with Crippen LogP contribution in [0.2, 0.25) is 0 Å². The number of rotatable bonds is 2. The summed E-state index contributed by atoms with van der Waals surface area (Å²) in [4.78, 5) is 0. The number of nitrogens with two attached hydrogens (primary N) is 1. The number of hydrogen-bond donors (Lipinski definition) is 1. The predicted molar refractivity (Wildman–Crippen MR) is 68.1 cm³/mol. The molecular formula is C12H13BrN2O. The molecule has 3 nitrogen and oxygen atoms in total. The Morgan fingerprint density at radius 3 is 2.62 bits per heavy atom. The van der Waals surface area contributed by atoms with E-state index in [-0.39, 0.29) is 0 Å². The van der Waals surface area contributed by atoms with Crippen LogP contribution in [-0.4, -0.2) is 5.16 Å². The molecule has 0 radical (unpaired) electrons. The average Bonchev–Trinajstić information content (AvgIpc) is 2.64. The van der Waals surface area contributed by atoms with Crippen molar-refractivity contribution in [1.29, 1.82) is 0 Å². The Kier molecular flexibility index (Phi) is 3.01. The van der Waals surface area contributed by atoms with Gasteiger partial charge in [0, 0.05) is 16.1 Å². The number of hydrogen-bond acceptors (Lipinski definition) is 3. The van der Waals surface area contributed by atoms with Gasteiger partial charge in [0.1, 0.15) is 0 Å². The lowest BCUT2D eigenvalue weighted by Gasteiger charge is -2.10. The first-order chi connectivity index (χ1) is 7.58. The highest BCUT2D eigenvalue weighted by atomic mass is 79.9. The van der Waals surface area contributed by atoms with E-state index in [1.54, 1.807) is 6.07 Å². The zero-order valence-corrected chi connectivity index (χ0v) is 10.8. The van der Waals surface area contributed by atoms with Crippen LogP contribution in [0.3, 0.4) is 0 Å². The van der Waals surface area contributed by atoms with E-state index in [4.69, 9.17) is 10.3 Å². The van der Waals surface area contributed by atoms with E-state index in [2.05, 4.69) is 41.0 Å². The van der Waals surface area contributed by atoms with Crippen molar-refractivity contribution in [2.75, 3.05) is 5.73 Å². The van der Waals surface area contributed by atoms with Crippen LogP contribution < -0.4 is 5.73 Å². The number of nitrogen functional groups attached to an aromatic ring is 1. The summed E-state index contributed by atoms with van der Waals surface area (Å²) in [7, 11) is 0. The maximum atomic E-state index is 5.56. The Labute approximate surface area is 103 Å². The molecule has 0 bridgehead atoms. The second kappa shape index (κ2) is 4.29. The molecule has 0 fully saturated rings. The van der Waals surface area contributed by atoms with E-state index in [1.807, 2.05) is 12.1 Å². The fourth-order valence-corrected chi connectivity index (χ4v) is 2.02. The lowest BCUT2D eigenvalue weighted by atomic mass is 9.96. The van der Waals surface area contributed by atoms with Gasteiger partial charge in [-0.25, -0.2) is 0 Å². The van der Waals surface area contributed by atoms with Gasteiger partial charge in [-0.3, -0.25) is 0 Å². The smallest absolute Gasteiger partial charge is 0.169 e. The van der Waals surface area contributed by atoms with Crippen LogP contribution in [0, 0.1) is 0 Å². The van der Waals surface area contributed by atoms with Gasteiger partial charge in [-0.2, -0.15) is 0 Å². The molecular weight excluding hydrogens is 268 g/mol. The van der Waals surface area contributed by atoms with Crippen molar-refractivity contribution in [3.8, 4) is 11.3 Å². The summed E-state index contributed by atoms with van der Waals surface area (Å²) in [5, 5.41) is 3.71. The molecule has 2 rings (SSSR count). The first-order valence-corrected chi connectivity index (χ1v) is 5.89. The lowest BCUT2D eigenvalue weighted by molar-refractivity contribution is 0.435. The summed E-state index contributed by atoms with van der Waals surface area (Å²) in [5.74, 6) is 1.54. The highest BCUT2D eigenvalue weighted by Gasteiger charge is 2.13. The molecule has 2 aromatic rings. The third-order valence-electron chi connectivity index (χ3n) is 2.43. The molecule has 0 aliphatic carbocycles. The van der Waals surface area contributed by atoms with Crippen molar-refractivity contribution in [3.63, 3.8) is 0 Å². The second-order valence-electron chi connectivity index (χ2n) is 4.00. The lowest BCUT2D eigenvalue weighted by Crippen LogP contribution is -1.91. The number of aromatic nitrogens is 1. The summed E-state index contributed by atoms with van der Waals surface area (Å²) in [6, 6.07) is 7.88. The van der Waals surface area contributed by atoms with E-state index in [0.717, 1.165) is 10.0 Å². The summed E-state index contributed by atoms with van der Waals surface area (Å²) >= 11 is 3.46. The SMILES string of the molecule is CC(C)c1ccc(Br)cc1-c1cc(N)no1. The van der Waals surface area contributed by atoms with Gasteiger partial charge in [0.15, 0.2) is 11.6 Å². The molecule has 16 heavy (non-hydrogen) atoms. The van der Waals surface area contributed by atoms with Crippen molar-refractivity contribution in [2.24, 2.45) is 0 Å². The van der Waals surface area contributed by atoms with Gasteiger partial charge < -0.3 is 10.3 Å². The van der Waals surface area contributed by atoms with Crippen LogP contribution >= 0.6 is 15.9 Å². The van der Waals surface area contributed by atoms with Crippen molar-refractivity contribution < 1.29 is 4.52 Å². The molecule has 1 heterocycles. The molecule has 0 saturated heterocycles. The van der Waals surface area contributed by atoms with Crippen molar-refractivity contribution >= 4 is 21.7 Å². The molecule has 0 aliphatic rings. The molecule has 1 aromatic heterocycles. The molecule has 4 heteroatoms. The molecule has 0 amide bonds. The molecule has 0 saturated carbocycles. The van der Waals surface area contributed by atoms with Crippen LogP contribution in [0.15, 0.2) is 33.3 Å². The average molecular weight is 281 g/mol. The van der Waals surface area contributed by atoms with Crippen LogP contribution in [-0.2, 0) is 0 Å². The van der Waals surface area contributed by atoms with Crippen LogP contribution in [0.25, 0.3) is 11.3 Å². The summed E-state index contributed by atoms with van der Waals surface area (Å²) < 4.78 is 6.22. The number of nitrogens with zero attached hydrogens (tertiary/aromatic N) is 1. The van der Waals surface area contributed by atoms with Crippen LogP contribution in [0.4, 0.5) is 5.82 Å². The van der Waals surface area contributed by atoms with E-state index in [0.29, 0.717) is 17.5 Å². The maximum absolute atomic E-state index is 5.56. The van der Waals surface area contributed by atoms with E-state index >= 15 is 0 Å². The van der Waals surface area contributed by atoms with E-state index in [1.165, 1.54) is 5.56 Å². The van der Waals surface area contributed by atoms with Crippen LogP contribution in [0.1, 0.15) is 25.3 Å². The van der Waals surface area contributed by atoms with Gasteiger partial charge in [0.05, 0.1) is 0 Å². The van der Waals surface area contributed by atoms with Crippen molar-refractivity contribution in [3.05, 3.63) is 34.3 Å². The van der Waals surface area contributed by atoms with Gasteiger partial charge in [-0.05, 0) is 23.6 Å². The minimum Gasteiger partial charge on any atom is -0.381 e. The molecule has 84 valence electrons. The minimum absolute atomic E-state index is 0.407. The topological polar surface area (TPSA) is 52.0 Å². The zero-order valence-electron chi connectivity index (χ0n) is 9.20. The third kappa shape index (κ3) is 2.11. The molecule has 0 atom stereocenters. The Morgan fingerprint density at radius 1 is 1.31 bits per heavy atom. The number of halogens is 1. The summed E-state index contributed by atoms with van der Waals surface area (Å²) in [5.41, 5.74) is 7.82. The van der Waals surface area contributed by atoms with E-state index in [9.17, 15) is 0 Å². The standard InChI is InChI=1S/C12H13BrN2O/c1-7(2)9-4-3-8(13)5-10(9)11-6-12(14)15-16-11/h3-7H,1-2H3,(H2,14,15). The van der Waals surface area contributed by atoms with Crippen molar-refractivity contribution in [1.82, 2.24) is 5.16 Å². The third-order valence-corrected chi connectivity index (χ3v) is 2.92. The largest absolute Gasteiger partial charge is 0.381 e. The van der Waals surface area contributed by atoms with Gasteiger partial charge in [0.25, 0.3) is 0 Å². The van der Waals surface area contributed by atoms with Gasteiger partial charge in [0.2, 0.25) is 0 Å². The second-order valence-corrected chi connectivity index (χ2v) is 4.92. The Bertz CT molecular complexity index is 505. The molecule has 0 spiro atoms.